The second-order valence-corrected chi connectivity index (χ2v) is 4.44. The highest BCUT2D eigenvalue weighted by atomic mass is 32.1. The standard InChI is InChI=1S/C9H14N4S/c1-5(2)13-8(6-3-4-6)7(9(10)14)11-12-13/h5-6H,3-4H2,1-2H3,(H2,10,14). The highest BCUT2D eigenvalue weighted by Gasteiger charge is 2.32. The minimum atomic E-state index is 0.321. The van der Waals surface area contributed by atoms with Crippen LogP contribution in [0.2, 0.25) is 0 Å². The van der Waals surface area contributed by atoms with Gasteiger partial charge in [0.25, 0.3) is 0 Å². The Morgan fingerprint density at radius 1 is 1.57 bits per heavy atom. The summed E-state index contributed by atoms with van der Waals surface area (Å²) >= 11 is 4.96. The molecule has 1 heterocycles. The molecule has 0 unspecified atom stereocenters. The normalized spacial score (nSPS) is 16.2. The fourth-order valence-corrected chi connectivity index (χ4v) is 1.74. The summed E-state index contributed by atoms with van der Waals surface area (Å²) in [7, 11) is 0. The van der Waals surface area contributed by atoms with Gasteiger partial charge in [0.05, 0.1) is 5.69 Å². The second-order valence-electron chi connectivity index (χ2n) is 4.00. The summed E-state index contributed by atoms with van der Waals surface area (Å²) in [6.07, 6.45) is 2.41. The van der Waals surface area contributed by atoms with Crippen molar-refractivity contribution in [2.45, 2.75) is 38.6 Å². The Kier molecular flexibility index (Phi) is 2.26. The van der Waals surface area contributed by atoms with Gasteiger partial charge in [-0.25, -0.2) is 4.68 Å². The zero-order valence-corrected chi connectivity index (χ0v) is 9.21. The van der Waals surface area contributed by atoms with Gasteiger partial charge in [-0.1, -0.05) is 17.4 Å². The van der Waals surface area contributed by atoms with E-state index >= 15 is 0 Å². The number of aromatic nitrogens is 3. The van der Waals surface area contributed by atoms with E-state index in [1.165, 1.54) is 12.8 Å². The van der Waals surface area contributed by atoms with Gasteiger partial charge in [-0.3, -0.25) is 0 Å². The molecular weight excluding hydrogens is 196 g/mol. The van der Waals surface area contributed by atoms with Crippen LogP contribution in [0.4, 0.5) is 0 Å². The van der Waals surface area contributed by atoms with Gasteiger partial charge < -0.3 is 5.73 Å². The lowest BCUT2D eigenvalue weighted by atomic mass is 10.2. The first-order valence-corrected chi connectivity index (χ1v) is 5.27. The van der Waals surface area contributed by atoms with Gasteiger partial charge in [0.2, 0.25) is 0 Å². The number of hydrogen-bond acceptors (Lipinski definition) is 3. The van der Waals surface area contributed by atoms with Gasteiger partial charge in [0, 0.05) is 12.0 Å². The van der Waals surface area contributed by atoms with E-state index in [0.717, 1.165) is 11.4 Å². The largest absolute Gasteiger partial charge is 0.388 e. The highest BCUT2D eigenvalue weighted by Crippen LogP contribution is 2.41. The fourth-order valence-electron chi connectivity index (χ4n) is 1.59. The molecule has 0 aromatic carbocycles. The summed E-state index contributed by atoms with van der Waals surface area (Å²) in [5.41, 5.74) is 7.46. The Morgan fingerprint density at radius 2 is 2.21 bits per heavy atom. The number of nitrogens with zero attached hydrogens (tertiary/aromatic N) is 3. The summed E-state index contributed by atoms with van der Waals surface area (Å²) in [5.74, 6) is 0.573. The first-order chi connectivity index (χ1) is 6.61. The van der Waals surface area contributed by atoms with Crippen molar-refractivity contribution in [1.29, 1.82) is 0 Å². The summed E-state index contributed by atoms with van der Waals surface area (Å²) in [6, 6.07) is 0.321. The van der Waals surface area contributed by atoms with Crippen molar-refractivity contribution < 1.29 is 0 Å². The van der Waals surface area contributed by atoms with Gasteiger partial charge >= 0.3 is 0 Å². The van der Waals surface area contributed by atoms with Crippen molar-refractivity contribution in [1.82, 2.24) is 15.0 Å². The summed E-state index contributed by atoms with van der Waals surface area (Å²) < 4.78 is 1.94. The average molecular weight is 210 g/mol. The summed E-state index contributed by atoms with van der Waals surface area (Å²) in [4.78, 5) is 0.360. The number of hydrogen-bond donors (Lipinski definition) is 1. The highest BCUT2D eigenvalue weighted by molar-refractivity contribution is 7.80. The van der Waals surface area contributed by atoms with E-state index in [4.69, 9.17) is 18.0 Å². The third kappa shape index (κ3) is 1.52. The number of nitrogens with two attached hydrogens (primary N) is 1. The predicted octanol–water partition coefficient (Wildman–Crippen LogP) is 1.37. The molecule has 0 atom stereocenters. The lowest BCUT2D eigenvalue weighted by Gasteiger charge is -2.09. The molecule has 1 aliphatic carbocycles. The van der Waals surface area contributed by atoms with Crippen molar-refractivity contribution >= 4 is 17.2 Å². The second kappa shape index (κ2) is 3.31. The van der Waals surface area contributed by atoms with Gasteiger partial charge in [0.1, 0.15) is 10.7 Å². The van der Waals surface area contributed by atoms with Crippen LogP contribution in [0.5, 0.6) is 0 Å². The Hall–Kier alpha value is -0.970. The average Bonchev–Trinajstić information content (AvgIpc) is 2.83. The lowest BCUT2D eigenvalue weighted by molar-refractivity contribution is 0.494. The quantitative estimate of drug-likeness (QED) is 0.766. The van der Waals surface area contributed by atoms with Crippen LogP contribution in [-0.2, 0) is 0 Å². The molecule has 0 spiro atoms. The van der Waals surface area contributed by atoms with E-state index < -0.39 is 0 Å². The van der Waals surface area contributed by atoms with Crippen LogP contribution in [0.1, 0.15) is 50.0 Å². The van der Waals surface area contributed by atoms with Crippen molar-refractivity contribution in [2.75, 3.05) is 0 Å². The van der Waals surface area contributed by atoms with Gasteiger partial charge in [-0.15, -0.1) is 5.10 Å². The molecule has 1 saturated carbocycles. The van der Waals surface area contributed by atoms with Gasteiger partial charge in [-0.2, -0.15) is 0 Å². The van der Waals surface area contributed by atoms with Crippen molar-refractivity contribution in [3.8, 4) is 0 Å². The lowest BCUT2D eigenvalue weighted by Crippen LogP contribution is -2.14. The van der Waals surface area contributed by atoms with E-state index in [0.29, 0.717) is 16.9 Å². The molecule has 5 heteroatoms. The van der Waals surface area contributed by atoms with Crippen LogP contribution < -0.4 is 5.73 Å². The van der Waals surface area contributed by atoms with Crippen molar-refractivity contribution in [2.24, 2.45) is 5.73 Å². The minimum Gasteiger partial charge on any atom is -0.388 e. The first-order valence-electron chi connectivity index (χ1n) is 4.86. The van der Waals surface area contributed by atoms with E-state index in [9.17, 15) is 0 Å². The number of thiocarbonyl (C=S) groups is 1. The third-order valence-electron chi connectivity index (χ3n) is 2.42. The first kappa shape index (κ1) is 9.58. The monoisotopic (exact) mass is 210 g/mol. The van der Waals surface area contributed by atoms with Crippen LogP contribution in [0.3, 0.4) is 0 Å². The maximum atomic E-state index is 5.61. The minimum absolute atomic E-state index is 0.321. The molecule has 1 fully saturated rings. The Balaban J connectivity index is 2.46. The molecule has 0 aliphatic heterocycles. The van der Waals surface area contributed by atoms with E-state index in [1.54, 1.807) is 0 Å². The zero-order chi connectivity index (χ0) is 10.3. The van der Waals surface area contributed by atoms with Crippen LogP contribution in [0.15, 0.2) is 0 Å². The molecule has 2 N–H and O–H groups in total. The molecule has 1 aromatic rings. The van der Waals surface area contributed by atoms with Gasteiger partial charge in [0.15, 0.2) is 0 Å². The molecule has 0 amide bonds. The van der Waals surface area contributed by atoms with Crippen LogP contribution in [0, 0.1) is 0 Å². The SMILES string of the molecule is CC(C)n1nnc(C(N)=S)c1C1CC1. The Labute approximate surface area is 88.5 Å². The van der Waals surface area contributed by atoms with Crippen LogP contribution in [-0.4, -0.2) is 20.0 Å². The van der Waals surface area contributed by atoms with E-state index in [-0.39, 0.29) is 0 Å². The Bertz CT molecular complexity index is 365. The number of rotatable bonds is 3. The van der Waals surface area contributed by atoms with E-state index in [2.05, 4.69) is 24.2 Å². The van der Waals surface area contributed by atoms with Crippen molar-refractivity contribution in [3.63, 3.8) is 0 Å². The molecule has 14 heavy (non-hydrogen) atoms. The fraction of sp³-hybridized carbons (Fsp3) is 0.667. The molecule has 4 nitrogen and oxygen atoms in total. The molecule has 0 radical (unpaired) electrons. The molecule has 1 aromatic heterocycles. The molecule has 0 saturated heterocycles. The maximum absolute atomic E-state index is 5.61. The van der Waals surface area contributed by atoms with Crippen LogP contribution in [0.25, 0.3) is 0 Å². The van der Waals surface area contributed by atoms with Crippen LogP contribution >= 0.6 is 12.2 Å². The topological polar surface area (TPSA) is 56.7 Å². The van der Waals surface area contributed by atoms with Gasteiger partial charge in [-0.05, 0) is 26.7 Å². The summed E-state index contributed by atoms with van der Waals surface area (Å²) in [5, 5.41) is 8.14. The predicted molar refractivity (Wildman–Crippen MR) is 58.3 cm³/mol. The Morgan fingerprint density at radius 3 is 2.64 bits per heavy atom. The van der Waals surface area contributed by atoms with E-state index in [1.807, 2.05) is 4.68 Å². The van der Waals surface area contributed by atoms with Crippen molar-refractivity contribution in [3.05, 3.63) is 11.4 Å². The summed E-state index contributed by atoms with van der Waals surface area (Å²) in [6.45, 7) is 4.17. The molecule has 1 aliphatic rings. The molecular formula is C9H14N4S. The third-order valence-corrected chi connectivity index (χ3v) is 2.61. The molecule has 76 valence electrons. The zero-order valence-electron chi connectivity index (χ0n) is 8.40. The molecule has 0 bridgehead atoms. The maximum Gasteiger partial charge on any atom is 0.143 e. The molecule has 2 rings (SSSR count). The smallest absolute Gasteiger partial charge is 0.143 e.